The molecule has 0 amide bonds. The fourth-order valence-electron chi connectivity index (χ4n) is 2.56. The number of hydrogen-bond acceptors (Lipinski definition) is 0. The van der Waals surface area contributed by atoms with E-state index in [-0.39, 0.29) is 37.2 Å². The van der Waals surface area contributed by atoms with Gasteiger partial charge < -0.3 is 0 Å². The molecule has 0 aromatic carbocycles. The third-order valence-electron chi connectivity index (χ3n) is 3.93. The topological polar surface area (TPSA) is 0 Å². The number of rotatable bonds is 10. The molecule has 0 spiro atoms. The van der Waals surface area contributed by atoms with E-state index in [1.807, 2.05) is 0 Å². The molecule has 0 aliphatic carbocycles. The van der Waals surface area contributed by atoms with Crippen molar-refractivity contribution in [2.75, 3.05) is 24.6 Å². The third-order valence-corrected chi connectivity index (χ3v) is 9.67. The summed E-state index contributed by atoms with van der Waals surface area (Å²) in [5.74, 6) is 0. The van der Waals surface area contributed by atoms with Crippen molar-refractivity contribution >= 4 is 44.5 Å². The van der Waals surface area contributed by atoms with Crippen LogP contribution in [0.4, 0.5) is 0 Å². The van der Waals surface area contributed by atoms with Gasteiger partial charge in [-0.1, -0.05) is 0 Å². The van der Waals surface area contributed by atoms with Crippen LogP contribution in [0.15, 0.2) is 0 Å². The van der Waals surface area contributed by atoms with Gasteiger partial charge >= 0.3 is 98.1 Å². The van der Waals surface area contributed by atoms with Crippen LogP contribution in [0.2, 0.25) is 0 Å². The number of hydrogen-bond donors (Lipinski definition) is 0. The first-order valence-corrected chi connectivity index (χ1v) is 10.1. The molecule has 18 heavy (non-hydrogen) atoms. The Balaban J connectivity index is -0.000000327. The molecule has 0 aliphatic rings. The smallest absolute Gasteiger partial charge is 0.147 e. The van der Waals surface area contributed by atoms with Crippen LogP contribution >= 0.6 is 44.5 Å². The molecular formula is C14H36Cl3P. The van der Waals surface area contributed by atoms with Crippen molar-refractivity contribution in [3.8, 4) is 0 Å². The molecule has 118 valence electrons. The summed E-state index contributed by atoms with van der Waals surface area (Å²) in [6.45, 7) is 9.49. The minimum Gasteiger partial charge on any atom is -0.147 e. The molecule has 0 saturated carbocycles. The van der Waals surface area contributed by atoms with Gasteiger partial charge in [0.1, 0.15) is 0 Å². The Hall–Kier alpha value is 1.30. The maximum absolute atomic E-state index is 2.47. The Morgan fingerprint density at radius 1 is 0.556 bits per heavy atom. The molecular weight excluding hydrogens is 305 g/mol. The first-order chi connectivity index (χ1) is 7.24. The predicted octanol–water partition coefficient (Wildman–Crippen LogP) is 6.42. The second-order valence-electron chi connectivity index (χ2n) is 5.16. The molecule has 0 N–H and O–H groups in total. The Morgan fingerprint density at radius 3 is 1.00 bits per heavy atom. The minimum atomic E-state index is -0.832. The van der Waals surface area contributed by atoms with Crippen LogP contribution in [0.1, 0.15) is 66.2 Å². The van der Waals surface area contributed by atoms with Crippen molar-refractivity contribution in [2.45, 2.75) is 66.2 Å². The van der Waals surface area contributed by atoms with E-state index < -0.39 is 7.26 Å². The van der Waals surface area contributed by atoms with Crippen LogP contribution in [0.5, 0.6) is 0 Å². The van der Waals surface area contributed by atoms with Crippen LogP contribution in [-0.4, -0.2) is 24.6 Å². The molecule has 0 saturated heterocycles. The number of halogens is 3. The molecule has 0 radical (unpaired) electrons. The number of unbranched alkanes of at least 4 members (excludes halogenated alkanes) is 3. The fourth-order valence-corrected chi connectivity index (χ4v) is 7.68. The van der Waals surface area contributed by atoms with Crippen molar-refractivity contribution in [3.05, 3.63) is 0 Å². The van der Waals surface area contributed by atoms with E-state index in [0.29, 0.717) is 0 Å². The minimum absolute atomic E-state index is 0. The maximum atomic E-state index is 2.47. The zero-order valence-corrected chi connectivity index (χ0v) is 16.2. The molecule has 0 rings (SSSR count). The summed E-state index contributed by atoms with van der Waals surface area (Å²) in [7, 11) is -0.832. The van der Waals surface area contributed by atoms with Gasteiger partial charge in [0.15, 0.2) is 0 Å². The van der Waals surface area contributed by atoms with Crippen LogP contribution in [0, 0.1) is 0 Å². The zero-order chi connectivity index (χ0) is 11.6. The van der Waals surface area contributed by atoms with Gasteiger partial charge in [0.25, 0.3) is 0 Å². The van der Waals surface area contributed by atoms with E-state index in [2.05, 4.69) is 27.7 Å². The van der Waals surface area contributed by atoms with E-state index in [0.717, 1.165) is 0 Å². The Morgan fingerprint density at radius 2 is 0.833 bits per heavy atom. The zero-order valence-electron chi connectivity index (χ0n) is 12.8. The van der Waals surface area contributed by atoms with Gasteiger partial charge in [-0.3, -0.25) is 0 Å². The summed E-state index contributed by atoms with van der Waals surface area (Å²) >= 11 is 0. The third kappa shape index (κ3) is 12.3. The fraction of sp³-hybridized carbons (Fsp3) is 1.00. The van der Waals surface area contributed by atoms with Crippen molar-refractivity contribution in [3.63, 3.8) is 0 Å². The quantitative estimate of drug-likeness (QED) is 0.402. The van der Waals surface area contributed by atoms with E-state index in [1.54, 1.807) is 18.5 Å². The normalized spacial score (nSPS) is 10.9. The molecule has 0 heterocycles. The van der Waals surface area contributed by atoms with E-state index in [9.17, 15) is 0 Å². The maximum Gasteiger partial charge on any atom is -0.147 e. The Labute approximate surface area is 135 Å². The average molecular weight is 342 g/mol. The first-order valence-electron chi connectivity index (χ1n) is 7.24. The molecule has 0 aliphatic heterocycles. The van der Waals surface area contributed by atoms with E-state index in [4.69, 9.17) is 0 Å². The average Bonchev–Trinajstić information content (AvgIpc) is 2.29. The summed E-state index contributed by atoms with van der Waals surface area (Å²) < 4.78 is 0. The first kappa shape index (κ1) is 27.6. The molecule has 0 nitrogen and oxygen atoms in total. The second-order valence-corrected chi connectivity index (χ2v) is 10.4. The largest absolute Gasteiger partial charge is 0.147 e. The standard InChI is InChI=1S/C14H33P.3ClH/c1-5-9-12-15(8-4,13-10-6-2)14-11-7-3;;;/h15H,5-14H2,1-4H3;3*1H. The van der Waals surface area contributed by atoms with Crippen LogP contribution < -0.4 is 0 Å². The van der Waals surface area contributed by atoms with Crippen LogP contribution in [0.25, 0.3) is 0 Å². The monoisotopic (exact) mass is 340 g/mol. The van der Waals surface area contributed by atoms with Crippen molar-refractivity contribution in [1.82, 2.24) is 0 Å². The van der Waals surface area contributed by atoms with E-state index >= 15 is 0 Å². The van der Waals surface area contributed by atoms with Gasteiger partial charge in [-0.05, 0) is 0 Å². The summed E-state index contributed by atoms with van der Waals surface area (Å²) in [4.78, 5) is 0. The van der Waals surface area contributed by atoms with Crippen LogP contribution in [-0.2, 0) is 0 Å². The predicted molar refractivity (Wildman–Crippen MR) is 99.9 cm³/mol. The van der Waals surface area contributed by atoms with Gasteiger partial charge in [-0.15, -0.1) is 37.2 Å². The summed E-state index contributed by atoms with van der Waals surface area (Å²) in [6, 6.07) is 0. The molecule has 4 heteroatoms. The Bertz CT molecular complexity index is 121. The van der Waals surface area contributed by atoms with E-state index in [1.165, 1.54) is 44.7 Å². The van der Waals surface area contributed by atoms with Gasteiger partial charge in [0.2, 0.25) is 0 Å². The van der Waals surface area contributed by atoms with Gasteiger partial charge in [0, 0.05) is 0 Å². The summed E-state index contributed by atoms with van der Waals surface area (Å²) in [5, 5.41) is 0. The summed E-state index contributed by atoms with van der Waals surface area (Å²) in [5.41, 5.74) is 0. The SMILES string of the molecule is CCCC[PH](CC)(CCCC)CCCC.Cl.Cl.Cl. The van der Waals surface area contributed by atoms with Crippen molar-refractivity contribution in [2.24, 2.45) is 0 Å². The van der Waals surface area contributed by atoms with Gasteiger partial charge in [-0.2, -0.15) is 0 Å². The molecule has 0 aromatic heterocycles. The molecule has 0 bridgehead atoms. The second kappa shape index (κ2) is 18.3. The Kier molecular flexibility index (Phi) is 28.1. The van der Waals surface area contributed by atoms with Crippen molar-refractivity contribution < 1.29 is 0 Å². The molecule has 0 atom stereocenters. The molecule has 0 fully saturated rings. The summed E-state index contributed by atoms with van der Waals surface area (Å²) in [6.07, 6.45) is 15.0. The van der Waals surface area contributed by atoms with Crippen LogP contribution in [0.3, 0.4) is 0 Å². The van der Waals surface area contributed by atoms with Gasteiger partial charge in [-0.25, -0.2) is 0 Å². The van der Waals surface area contributed by atoms with Crippen molar-refractivity contribution in [1.29, 1.82) is 0 Å². The molecule has 0 aromatic rings. The molecule has 0 unspecified atom stereocenters. The van der Waals surface area contributed by atoms with Gasteiger partial charge in [0.05, 0.1) is 0 Å².